The molecule has 0 bridgehead atoms. The van der Waals surface area contributed by atoms with Crippen LogP contribution in [0, 0.1) is 24.4 Å². The molecule has 14 heteroatoms. The van der Waals surface area contributed by atoms with Crippen molar-refractivity contribution in [3.8, 4) is 11.3 Å². The summed E-state index contributed by atoms with van der Waals surface area (Å²) in [5.74, 6) is -3.48. The first-order valence-corrected chi connectivity index (χ1v) is 15.1. The zero-order valence-electron chi connectivity index (χ0n) is 22.9. The number of halogens is 3. The molecule has 6 atom stereocenters. The van der Waals surface area contributed by atoms with Crippen molar-refractivity contribution in [2.75, 3.05) is 6.61 Å². The maximum absolute atomic E-state index is 13.9. The van der Waals surface area contributed by atoms with Gasteiger partial charge in [-0.1, -0.05) is 29.6 Å². The van der Waals surface area contributed by atoms with E-state index >= 15 is 0 Å². The number of benzene rings is 1. The molecule has 3 heterocycles. The molecular formula is C28H33F3N4O6S. The van der Waals surface area contributed by atoms with Gasteiger partial charge < -0.3 is 29.7 Å². The van der Waals surface area contributed by atoms with E-state index in [1.807, 2.05) is 6.92 Å². The number of rotatable bonds is 8. The molecule has 0 amide bonds. The molecule has 2 saturated carbocycles. The smallest absolute Gasteiger partial charge is 0.194 e. The van der Waals surface area contributed by atoms with Crippen molar-refractivity contribution >= 4 is 11.8 Å². The van der Waals surface area contributed by atoms with Gasteiger partial charge in [0.25, 0.3) is 0 Å². The van der Waals surface area contributed by atoms with Crippen LogP contribution in [-0.2, 0) is 4.74 Å². The standard InChI is InChI=1S/C28H33F3N4O6S/c1-13-20(25(41-33-13)14-5-6-14)26(28(39)7-3-2-4-8-28)42-27-24(38)22(23(37)19(12-36)40-27)35-11-18(32-34-35)15-9-16(29)21(31)17(30)10-15/h9-11,14,19,22-24,26-27,36-39H,2-8,12H2,1H3/t19-,22+,23+,24-,26-,27+/m1/s1. The molecule has 1 saturated heterocycles. The maximum Gasteiger partial charge on any atom is 0.194 e. The summed E-state index contributed by atoms with van der Waals surface area (Å²) in [5, 5.41) is 56.3. The van der Waals surface area contributed by atoms with E-state index in [0.717, 1.165) is 60.2 Å². The second-order valence-electron chi connectivity index (χ2n) is 11.5. The van der Waals surface area contributed by atoms with Gasteiger partial charge in [0.15, 0.2) is 17.5 Å². The number of nitrogens with zero attached hydrogens (tertiary/aromatic N) is 4. The number of aromatic nitrogens is 4. The molecular weight excluding hydrogens is 577 g/mol. The van der Waals surface area contributed by atoms with Crippen LogP contribution in [0.15, 0.2) is 22.9 Å². The summed E-state index contributed by atoms with van der Waals surface area (Å²) in [6.45, 7) is 1.25. The van der Waals surface area contributed by atoms with Crippen molar-refractivity contribution in [3.63, 3.8) is 0 Å². The molecule has 3 aliphatic rings. The van der Waals surface area contributed by atoms with Gasteiger partial charge in [0.2, 0.25) is 0 Å². The number of hydrogen-bond donors (Lipinski definition) is 4. The Morgan fingerprint density at radius 3 is 2.43 bits per heavy atom. The van der Waals surface area contributed by atoms with Gasteiger partial charge in [-0.15, -0.1) is 16.9 Å². The van der Waals surface area contributed by atoms with Gasteiger partial charge in [-0.2, -0.15) is 0 Å². The van der Waals surface area contributed by atoms with Crippen LogP contribution in [0.3, 0.4) is 0 Å². The van der Waals surface area contributed by atoms with Gasteiger partial charge >= 0.3 is 0 Å². The molecule has 4 N–H and O–H groups in total. The van der Waals surface area contributed by atoms with E-state index in [1.165, 1.54) is 18.0 Å². The average molecular weight is 611 g/mol. The predicted octanol–water partition coefficient (Wildman–Crippen LogP) is 3.69. The van der Waals surface area contributed by atoms with Crippen molar-refractivity contribution in [2.45, 2.75) is 98.4 Å². The number of aliphatic hydroxyl groups is 4. The minimum atomic E-state index is -1.62. The summed E-state index contributed by atoms with van der Waals surface area (Å²) in [7, 11) is 0. The summed E-state index contributed by atoms with van der Waals surface area (Å²) in [6, 6.07) is 0.359. The Morgan fingerprint density at radius 2 is 1.79 bits per heavy atom. The first kappa shape index (κ1) is 29.6. The van der Waals surface area contributed by atoms with E-state index in [-0.39, 0.29) is 17.2 Å². The summed E-state index contributed by atoms with van der Waals surface area (Å²) in [4.78, 5) is 0. The van der Waals surface area contributed by atoms with E-state index in [9.17, 15) is 33.6 Å². The molecule has 10 nitrogen and oxygen atoms in total. The molecule has 2 aromatic heterocycles. The van der Waals surface area contributed by atoms with Crippen molar-refractivity contribution in [3.05, 3.63) is 52.8 Å². The van der Waals surface area contributed by atoms with Gasteiger partial charge in [0, 0.05) is 17.0 Å². The van der Waals surface area contributed by atoms with Gasteiger partial charge in [-0.05, 0) is 44.7 Å². The Balaban J connectivity index is 1.34. The van der Waals surface area contributed by atoms with E-state index in [1.54, 1.807) is 0 Å². The number of aryl methyl sites for hydroxylation is 1. The maximum atomic E-state index is 13.9. The molecule has 0 spiro atoms. The quantitative estimate of drug-likeness (QED) is 0.279. The third-order valence-electron chi connectivity index (χ3n) is 8.57. The lowest BCUT2D eigenvalue weighted by Gasteiger charge is -2.45. The topological polar surface area (TPSA) is 147 Å². The highest BCUT2D eigenvalue weighted by atomic mass is 32.2. The fourth-order valence-corrected chi connectivity index (χ4v) is 7.84. The fraction of sp³-hybridized carbons (Fsp3) is 0.607. The van der Waals surface area contributed by atoms with Gasteiger partial charge in [0.1, 0.15) is 41.2 Å². The molecule has 0 unspecified atom stereocenters. The minimum absolute atomic E-state index is 0.0213. The van der Waals surface area contributed by atoms with Gasteiger partial charge in [-0.25, -0.2) is 17.9 Å². The number of ether oxygens (including phenoxy) is 1. The van der Waals surface area contributed by atoms with Crippen LogP contribution in [0.4, 0.5) is 13.2 Å². The second kappa shape index (κ2) is 11.5. The molecule has 3 aromatic rings. The molecule has 3 fully saturated rings. The third-order valence-corrected chi connectivity index (χ3v) is 10.2. The van der Waals surface area contributed by atoms with Crippen molar-refractivity contribution in [1.29, 1.82) is 0 Å². The second-order valence-corrected chi connectivity index (χ2v) is 12.7. The van der Waals surface area contributed by atoms with Crippen LogP contribution in [0.5, 0.6) is 0 Å². The Hall–Kier alpha value is -2.49. The zero-order chi connectivity index (χ0) is 29.8. The summed E-state index contributed by atoms with van der Waals surface area (Å²) >= 11 is 1.19. The van der Waals surface area contributed by atoms with Crippen molar-refractivity contribution < 1.29 is 42.9 Å². The number of thioether (sulfide) groups is 1. The van der Waals surface area contributed by atoms with Crippen LogP contribution in [0.1, 0.15) is 79.2 Å². The third kappa shape index (κ3) is 5.37. The van der Waals surface area contributed by atoms with E-state index < -0.39 is 64.7 Å². The normalized spacial score (nSPS) is 28.6. The Bertz CT molecular complexity index is 1410. The first-order valence-electron chi connectivity index (χ1n) is 14.1. The highest BCUT2D eigenvalue weighted by Crippen LogP contribution is 2.55. The molecule has 1 aliphatic heterocycles. The van der Waals surface area contributed by atoms with Crippen LogP contribution in [0.25, 0.3) is 11.3 Å². The molecule has 1 aromatic carbocycles. The van der Waals surface area contributed by atoms with Crippen LogP contribution in [-0.4, -0.2) is 76.5 Å². The molecule has 42 heavy (non-hydrogen) atoms. The first-order chi connectivity index (χ1) is 20.1. The SMILES string of the molecule is Cc1noc(C2CC2)c1[C@@H](S[C@@H]1O[C@H](CO)[C@H](O)[C@H](n2cc(-c3cc(F)c(F)c(F)c3)nn2)[C@H]1O)C1(O)CCCCC1. The summed E-state index contributed by atoms with van der Waals surface area (Å²) < 4.78 is 54.1. The Morgan fingerprint density at radius 1 is 1.10 bits per heavy atom. The fourth-order valence-electron chi connectivity index (χ4n) is 6.13. The lowest BCUT2D eigenvalue weighted by atomic mass is 9.79. The lowest BCUT2D eigenvalue weighted by Crippen LogP contribution is -2.55. The van der Waals surface area contributed by atoms with Crippen molar-refractivity contribution in [1.82, 2.24) is 20.2 Å². The number of aliphatic hydroxyl groups excluding tert-OH is 3. The van der Waals surface area contributed by atoms with Crippen molar-refractivity contribution in [2.24, 2.45) is 0 Å². The summed E-state index contributed by atoms with van der Waals surface area (Å²) in [5.41, 5.74) is -0.853. The Kier molecular flexibility index (Phi) is 8.13. The predicted molar refractivity (Wildman–Crippen MR) is 144 cm³/mol. The zero-order valence-corrected chi connectivity index (χ0v) is 23.7. The lowest BCUT2D eigenvalue weighted by molar-refractivity contribution is -0.179. The van der Waals surface area contributed by atoms with E-state index in [0.29, 0.717) is 18.5 Å². The molecule has 6 rings (SSSR count). The van der Waals surface area contributed by atoms with E-state index in [2.05, 4.69) is 15.5 Å². The molecule has 0 radical (unpaired) electrons. The summed E-state index contributed by atoms with van der Waals surface area (Å²) in [6.07, 6.45) is 2.94. The van der Waals surface area contributed by atoms with Crippen LogP contribution >= 0.6 is 11.8 Å². The minimum Gasteiger partial charge on any atom is -0.394 e. The largest absolute Gasteiger partial charge is 0.394 e. The van der Waals surface area contributed by atoms with Gasteiger partial charge in [-0.3, -0.25) is 0 Å². The highest BCUT2D eigenvalue weighted by Gasteiger charge is 2.51. The van der Waals surface area contributed by atoms with Crippen LogP contribution in [0.2, 0.25) is 0 Å². The average Bonchev–Trinajstić information content (AvgIpc) is 3.58. The number of hydrogen-bond acceptors (Lipinski definition) is 10. The van der Waals surface area contributed by atoms with Crippen LogP contribution < -0.4 is 0 Å². The molecule has 228 valence electrons. The molecule has 2 aliphatic carbocycles. The monoisotopic (exact) mass is 610 g/mol. The van der Waals surface area contributed by atoms with Gasteiger partial charge in [0.05, 0.1) is 29.3 Å². The highest BCUT2D eigenvalue weighted by molar-refractivity contribution is 8.00. The van der Waals surface area contributed by atoms with E-state index in [4.69, 9.17) is 9.26 Å². The Labute approximate surface area is 243 Å².